The highest BCUT2D eigenvalue weighted by Crippen LogP contribution is 2.54. The van der Waals surface area contributed by atoms with E-state index in [9.17, 15) is 9.59 Å². The summed E-state index contributed by atoms with van der Waals surface area (Å²) in [6, 6.07) is 17.2. The van der Waals surface area contributed by atoms with Crippen molar-refractivity contribution in [3.63, 3.8) is 0 Å². The molecule has 2 unspecified atom stereocenters. The van der Waals surface area contributed by atoms with E-state index in [0.29, 0.717) is 18.2 Å². The standard InChI is InChI=1S/C22H21N5O2/c1-27-17-10-6-5-9-14(17)15-12-16(15)19(22(27)29)24-21(28)20-23-18(25-26-20)11-13-7-3-2-4-8-13/h2-10,15-16,19H,11-12H2,1H3,(H,24,28)(H,23,25,26)/t15?,16?,19-/m0/s1. The van der Waals surface area contributed by atoms with Crippen LogP contribution in [0, 0.1) is 5.92 Å². The van der Waals surface area contributed by atoms with Crippen LogP contribution >= 0.6 is 0 Å². The topological polar surface area (TPSA) is 91.0 Å². The summed E-state index contributed by atoms with van der Waals surface area (Å²) in [6.07, 6.45) is 1.46. The van der Waals surface area contributed by atoms with Gasteiger partial charge in [-0.3, -0.25) is 9.59 Å². The number of benzene rings is 2. The number of nitrogens with zero attached hydrogens (tertiary/aromatic N) is 3. The van der Waals surface area contributed by atoms with Gasteiger partial charge in [0.2, 0.25) is 11.7 Å². The Labute approximate surface area is 168 Å². The summed E-state index contributed by atoms with van der Waals surface area (Å²) < 4.78 is 0. The van der Waals surface area contributed by atoms with Crippen LogP contribution < -0.4 is 10.2 Å². The van der Waals surface area contributed by atoms with Crippen LogP contribution in [0.4, 0.5) is 5.69 Å². The Morgan fingerprint density at radius 1 is 1.14 bits per heavy atom. The number of fused-ring (bicyclic) bond motifs is 3. The number of hydrogen-bond donors (Lipinski definition) is 2. The van der Waals surface area contributed by atoms with Crippen molar-refractivity contribution in [1.29, 1.82) is 0 Å². The molecule has 1 aromatic heterocycles. The molecule has 3 aromatic rings. The minimum atomic E-state index is -0.562. The number of hydrogen-bond acceptors (Lipinski definition) is 4. The van der Waals surface area contributed by atoms with Crippen molar-refractivity contribution in [1.82, 2.24) is 20.5 Å². The third-order valence-corrected chi connectivity index (χ3v) is 5.81. The summed E-state index contributed by atoms with van der Waals surface area (Å²) in [6.45, 7) is 0. The number of anilines is 1. The largest absolute Gasteiger partial charge is 0.337 e. The number of likely N-dealkylation sites (N-methyl/N-ethyl adjacent to an activating group) is 1. The zero-order chi connectivity index (χ0) is 20.0. The van der Waals surface area contributed by atoms with Gasteiger partial charge < -0.3 is 15.2 Å². The lowest BCUT2D eigenvalue weighted by molar-refractivity contribution is -0.120. The lowest BCUT2D eigenvalue weighted by Crippen LogP contribution is -2.48. The van der Waals surface area contributed by atoms with Gasteiger partial charge in [0, 0.05) is 19.2 Å². The summed E-state index contributed by atoms with van der Waals surface area (Å²) in [7, 11) is 1.76. The van der Waals surface area contributed by atoms with Crippen molar-refractivity contribution in [2.45, 2.75) is 24.8 Å². The molecule has 2 heterocycles. The minimum absolute atomic E-state index is 0.0974. The maximum absolute atomic E-state index is 13.0. The summed E-state index contributed by atoms with van der Waals surface area (Å²) in [4.78, 5) is 30.4. The predicted molar refractivity (Wildman–Crippen MR) is 108 cm³/mol. The zero-order valence-electron chi connectivity index (χ0n) is 16.0. The molecule has 2 N–H and O–H groups in total. The van der Waals surface area contributed by atoms with Gasteiger partial charge in [-0.2, -0.15) is 0 Å². The fourth-order valence-corrected chi connectivity index (χ4v) is 4.20. The molecule has 0 spiro atoms. The van der Waals surface area contributed by atoms with Gasteiger partial charge in [-0.1, -0.05) is 48.5 Å². The number of aromatic nitrogens is 3. The number of amides is 2. The van der Waals surface area contributed by atoms with Gasteiger partial charge in [0.15, 0.2) is 0 Å². The Morgan fingerprint density at radius 3 is 2.72 bits per heavy atom. The van der Waals surface area contributed by atoms with Gasteiger partial charge in [0.05, 0.1) is 0 Å². The number of rotatable bonds is 4. The molecule has 2 amide bonds. The fraction of sp³-hybridized carbons (Fsp3) is 0.273. The lowest BCUT2D eigenvalue weighted by atomic mass is 10.1. The first-order valence-electron chi connectivity index (χ1n) is 9.74. The molecule has 7 nitrogen and oxygen atoms in total. The third kappa shape index (κ3) is 3.18. The molecule has 1 fully saturated rings. The van der Waals surface area contributed by atoms with E-state index in [1.54, 1.807) is 11.9 Å². The smallest absolute Gasteiger partial charge is 0.289 e. The second kappa shape index (κ2) is 6.84. The quantitative estimate of drug-likeness (QED) is 0.719. The van der Waals surface area contributed by atoms with Crippen LogP contribution in [0.25, 0.3) is 0 Å². The monoisotopic (exact) mass is 387 g/mol. The summed E-state index contributed by atoms with van der Waals surface area (Å²) in [5.41, 5.74) is 3.18. The van der Waals surface area contributed by atoms with Crippen molar-refractivity contribution < 1.29 is 9.59 Å². The first kappa shape index (κ1) is 17.6. The van der Waals surface area contributed by atoms with Gasteiger partial charge in [0.1, 0.15) is 11.9 Å². The number of aromatic amines is 1. The van der Waals surface area contributed by atoms with Crippen LogP contribution in [0.5, 0.6) is 0 Å². The molecule has 7 heteroatoms. The van der Waals surface area contributed by atoms with Crippen LogP contribution in [0.1, 0.15) is 39.9 Å². The van der Waals surface area contributed by atoms with E-state index < -0.39 is 11.9 Å². The molecule has 1 saturated carbocycles. The molecule has 2 aromatic carbocycles. The van der Waals surface area contributed by atoms with Crippen LogP contribution in [0.3, 0.4) is 0 Å². The number of para-hydroxylation sites is 1. The molecule has 1 aliphatic carbocycles. The van der Waals surface area contributed by atoms with Gasteiger partial charge in [-0.25, -0.2) is 0 Å². The van der Waals surface area contributed by atoms with Crippen molar-refractivity contribution in [2.75, 3.05) is 11.9 Å². The van der Waals surface area contributed by atoms with E-state index in [2.05, 4.69) is 26.6 Å². The number of nitrogens with one attached hydrogen (secondary N) is 2. The van der Waals surface area contributed by atoms with E-state index in [1.165, 1.54) is 5.56 Å². The first-order chi connectivity index (χ1) is 14.1. The molecule has 0 radical (unpaired) electrons. The Hall–Kier alpha value is -3.48. The third-order valence-electron chi connectivity index (χ3n) is 5.81. The second-order valence-corrected chi connectivity index (χ2v) is 7.70. The molecule has 5 rings (SSSR count). The number of carbonyl (C=O) groups excluding carboxylic acids is 2. The molecule has 2 aliphatic rings. The highest BCUT2D eigenvalue weighted by atomic mass is 16.2. The molecule has 0 bridgehead atoms. The van der Waals surface area contributed by atoms with Gasteiger partial charge in [0.25, 0.3) is 5.91 Å². The predicted octanol–water partition coefficient (Wildman–Crippen LogP) is 2.27. The Balaban J connectivity index is 1.32. The van der Waals surface area contributed by atoms with Crippen LogP contribution in [0.15, 0.2) is 54.6 Å². The van der Waals surface area contributed by atoms with E-state index in [-0.39, 0.29) is 17.6 Å². The normalized spacial score (nSPS) is 22.4. The SMILES string of the molecule is CN1C(=O)[C@@H](NC(=O)c2nnc(Cc3ccccc3)[nH]2)C2CC2c2ccccc21. The van der Waals surface area contributed by atoms with Crippen molar-refractivity contribution in [3.05, 3.63) is 77.4 Å². The summed E-state index contributed by atoms with van der Waals surface area (Å²) in [5.74, 6) is 0.658. The molecule has 29 heavy (non-hydrogen) atoms. The number of carbonyl (C=O) groups is 2. The van der Waals surface area contributed by atoms with Crippen molar-refractivity contribution >= 4 is 17.5 Å². The highest BCUT2D eigenvalue weighted by Gasteiger charge is 2.51. The van der Waals surface area contributed by atoms with Gasteiger partial charge >= 0.3 is 0 Å². The van der Waals surface area contributed by atoms with Crippen molar-refractivity contribution in [3.8, 4) is 0 Å². The van der Waals surface area contributed by atoms with Gasteiger partial charge in [-0.15, -0.1) is 10.2 Å². The van der Waals surface area contributed by atoms with Crippen LogP contribution in [-0.4, -0.2) is 40.1 Å². The van der Waals surface area contributed by atoms with Crippen LogP contribution in [-0.2, 0) is 11.2 Å². The van der Waals surface area contributed by atoms with E-state index in [4.69, 9.17) is 0 Å². The van der Waals surface area contributed by atoms with Gasteiger partial charge in [-0.05, 0) is 35.4 Å². The maximum Gasteiger partial charge on any atom is 0.289 e. The fourth-order valence-electron chi connectivity index (χ4n) is 4.20. The zero-order valence-corrected chi connectivity index (χ0v) is 16.0. The minimum Gasteiger partial charge on any atom is -0.337 e. The lowest BCUT2D eigenvalue weighted by Gasteiger charge is -2.23. The van der Waals surface area contributed by atoms with Crippen molar-refractivity contribution in [2.24, 2.45) is 5.92 Å². The Kier molecular flexibility index (Phi) is 4.16. The second-order valence-electron chi connectivity index (χ2n) is 7.70. The Morgan fingerprint density at radius 2 is 1.90 bits per heavy atom. The average Bonchev–Trinajstić information content (AvgIpc) is 3.41. The summed E-state index contributed by atoms with van der Waals surface area (Å²) >= 11 is 0. The van der Waals surface area contributed by atoms with E-state index in [1.807, 2.05) is 48.5 Å². The number of H-pyrrole nitrogens is 1. The molecular weight excluding hydrogens is 366 g/mol. The molecule has 1 aliphatic heterocycles. The molecule has 146 valence electrons. The molecular formula is C22H21N5O2. The van der Waals surface area contributed by atoms with Crippen LogP contribution in [0.2, 0.25) is 0 Å². The molecule has 3 atom stereocenters. The maximum atomic E-state index is 13.0. The van der Waals surface area contributed by atoms with E-state index in [0.717, 1.165) is 17.7 Å². The first-order valence-corrected chi connectivity index (χ1v) is 9.74. The average molecular weight is 387 g/mol. The summed E-state index contributed by atoms with van der Waals surface area (Å²) in [5, 5.41) is 11.0. The highest BCUT2D eigenvalue weighted by molar-refractivity contribution is 6.03. The molecule has 0 saturated heterocycles. The van der Waals surface area contributed by atoms with E-state index >= 15 is 0 Å². The Bertz CT molecular complexity index is 1080.